The summed E-state index contributed by atoms with van der Waals surface area (Å²) in [5.74, 6) is 1.71. The van der Waals surface area contributed by atoms with Crippen molar-refractivity contribution >= 4 is 51.6 Å². The van der Waals surface area contributed by atoms with Crippen molar-refractivity contribution in [2.45, 2.75) is 13.0 Å². The molecule has 0 saturated heterocycles. The molecule has 2 aromatic rings. The molecule has 26 heavy (non-hydrogen) atoms. The van der Waals surface area contributed by atoms with Crippen LogP contribution in [-0.4, -0.2) is 26.2 Å². The smallest absolute Gasteiger partial charge is 0.195 e. The molecule has 0 bridgehead atoms. The van der Waals surface area contributed by atoms with Crippen LogP contribution in [0.25, 0.3) is 0 Å². The molecule has 8 heteroatoms. The molecule has 0 atom stereocenters. The molecule has 0 radical (unpaired) electrons. The van der Waals surface area contributed by atoms with Crippen molar-refractivity contribution in [2.75, 3.05) is 25.6 Å². The SMILES string of the molecule is CN=C(NCc1ccc(Br)cc1F)Nc1ccc2c(c1)OCCCO2.I. The number of nitrogens with one attached hydrogen (secondary N) is 2. The number of nitrogens with zero attached hydrogens (tertiary/aromatic N) is 1. The molecule has 3 rings (SSSR count). The quantitative estimate of drug-likeness (QED) is 0.344. The van der Waals surface area contributed by atoms with E-state index in [0.29, 0.717) is 41.5 Å². The highest BCUT2D eigenvalue weighted by molar-refractivity contribution is 14.0. The van der Waals surface area contributed by atoms with Gasteiger partial charge in [0.1, 0.15) is 5.82 Å². The van der Waals surface area contributed by atoms with E-state index in [1.807, 2.05) is 18.2 Å². The van der Waals surface area contributed by atoms with Gasteiger partial charge < -0.3 is 20.1 Å². The Hall–Kier alpha value is -1.55. The number of hydrogen-bond acceptors (Lipinski definition) is 3. The molecule has 1 aliphatic heterocycles. The highest BCUT2D eigenvalue weighted by Crippen LogP contribution is 2.32. The summed E-state index contributed by atoms with van der Waals surface area (Å²) >= 11 is 3.25. The van der Waals surface area contributed by atoms with Crippen LogP contribution in [-0.2, 0) is 6.54 Å². The Bertz CT molecular complexity index is 789. The van der Waals surface area contributed by atoms with Gasteiger partial charge in [0.05, 0.1) is 13.2 Å². The lowest BCUT2D eigenvalue weighted by Crippen LogP contribution is -2.30. The lowest BCUT2D eigenvalue weighted by atomic mass is 10.2. The first-order chi connectivity index (χ1) is 12.2. The zero-order valence-corrected chi connectivity index (χ0v) is 18.1. The maximum Gasteiger partial charge on any atom is 0.195 e. The fourth-order valence-electron chi connectivity index (χ4n) is 2.40. The van der Waals surface area contributed by atoms with Crippen LogP contribution in [0, 0.1) is 5.82 Å². The van der Waals surface area contributed by atoms with Crippen molar-refractivity contribution in [3.05, 3.63) is 52.3 Å². The second kappa shape index (κ2) is 9.96. The van der Waals surface area contributed by atoms with E-state index in [1.54, 1.807) is 19.2 Å². The molecular weight excluding hydrogens is 516 g/mol. The van der Waals surface area contributed by atoms with Gasteiger partial charge in [-0.25, -0.2) is 4.39 Å². The van der Waals surface area contributed by atoms with Crippen LogP contribution in [0.15, 0.2) is 45.9 Å². The van der Waals surface area contributed by atoms with E-state index >= 15 is 0 Å². The van der Waals surface area contributed by atoms with E-state index in [2.05, 4.69) is 31.6 Å². The van der Waals surface area contributed by atoms with E-state index in [-0.39, 0.29) is 29.8 Å². The molecule has 0 saturated carbocycles. The van der Waals surface area contributed by atoms with Gasteiger partial charge in [-0.1, -0.05) is 22.0 Å². The van der Waals surface area contributed by atoms with E-state index in [0.717, 1.165) is 17.9 Å². The van der Waals surface area contributed by atoms with Crippen LogP contribution in [0.4, 0.5) is 10.1 Å². The van der Waals surface area contributed by atoms with Gasteiger partial charge in [-0.3, -0.25) is 4.99 Å². The summed E-state index contributed by atoms with van der Waals surface area (Å²) in [5, 5.41) is 6.27. The van der Waals surface area contributed by atoms with Gasteiger partial charge in [-0.2, -0.15) is 0 Å². The van der Waals surface area contributed by atoms with Gasteiger partial charge in [0.25, 0.3) is 0 Å². The maximum atomic E-state index is 13.9. The minimum atomic E-state index is -0.270. The number of fused-ring (bicyclic) bond motifs is 1. The molecule has 2 N–H and O–H groups in total. The van der Waals surface area contributed by atoms with Gasteiger partial charge in [0.2, 0.25) is 0 Å². The standard InChI is InChI=1S/C18H19BrFN3O2.HI/c1-21-18(22-11-12-3-4-13(19)9-15(12)20)23-14-5-6-16-17(10-14)25-8-2-7-24-16;/h3-6,9-10H,2,7-8,11H2,1H3,(H2,21,22,23);1H. The lowest BCUT2D eigenvalue weighted by Gasteiger charge is -2.14. The fourth-order valence-corrected chi connectivity index (χ4v) is 2.73. The number of guanidine groups is 1. The minimum absolute atomic E-state index is 0. The van der Waals surface area contributed by atoms with Crippen LogP contribution in [0.5, 0.6) is 11.5 Å². The monoisotopic (exact) mass is 535 g/mol. The molecule has 0 unspecified atom stereocenters. The Labute approximate surface area is 177 Å². The molecule has 1 aliphatic rings. The summed E-state index contributed by atoms with van der Waals surface area (Å²) in [4.78, 5) is 4.17. The lowest BCUT2D eigenvalue weighted by molar-refractivity contribution is 0.297. The Morgan fingerprint density at radius 3 is 2.65 bits per heavy atom. The third-order valence-corrected chi connectivity index (χ3v) is 4.19. The van der Waals surface area contributed by atoms with Gasteiger partial charge in [-0.15, -0.1) is 24.0 Å². The van der Waals surface area contributed by atoms with Gasteiger partial charge >= 0.3 is 0 Å². The molecule has 0 aliphatic carbocycles. The third-order valence-electron chi connectivity index (χ3n) is 3.70. The molecular formula is C18H20BrFIN3O2. The van der Waals surface area contributed by atoms with Crippen molar-refractivity contribution < 1.29 is 13.9 Å². The van der Waals surface area contributed by atoms with Crippen LogP contribution in [0.3, 0.4) is 0 Å². The van der Waals surface area contributed by atoms with Crippen LogP contribution >= 0.6 is 39.9 Å². The zero-order chi connectivity index (χ0) is 17.6. The topological polar surface area (TPSA) is 54.9 Å². The average Bonchev–Trinajstić information content (AvgIpc) is 2.84. The number of ether oxygens (including phenoxy) is 2. The highest BCUT2D eigenvalue weighted by Gasteiger charge is 2.11. The summed E-state index contributed by atoms with van der Waals surface area (Å²) in [6, 6.07) is 10.6. The highest BCUT2D eigenvalue weighted by atomic mass is 127. The molecule has 0 fully saturated rings. The molecule has 2 aromatic carbocycles. The third kappa shape index (κ3) is 5.47. The van der Waals surface area contributed by atoms with Crippen LogP contribution in [0.1, 0.15) is 12.0 Å². The summed E-state index contributed by atoms with van der Waals surface area (Å²) in [5.41, 5.74) is 1.37. The second-order valence-corrected chi connectivity index (χ2v) is 6.41. The molecule has 5 nitrogen and oxygen atoms in total. The van der Waals surface area contributed by atoms with Crippen molar-refractivity contribution in [1.29, 1.82) is 0 Å². The van der Waals surface area contributed by atoms with E-state index in [9.17, 15) is 4.39 Å². The minimum Gasteiger partial charge on any atom is -0.490 e. The molecule has 0 amide bonds. The molecule has 1 heterocycles. The first kappa shape index (κ1) is 20.8. The summed E-state index contributed by atoms with van der Waals surface area (Å²) in [6.07, 6.45) is 0.861. The Morgan fingerprint density at radius 2 is 1.92 bits per heavy atom. The van der Waals surface area contributed by atoms with E-state index < -0.39 is 0 Å². The molecule has 0 aromatic heterocycles. The van der Waals surface area contributed by atoms with Gasteiger partial charge in [0, 0.05) is 41.8 Å². The normalized spacial score (nSPS) is 13.4. The van der Waals surface area contributed by atoms with Crippen LogP contribution in [0.2, 0.25) is 0 Å². The van der Waals surface area contributed by atoms with E-state index in [4.69, 9.17) is 9.47 Å². The fraction of sp³-hybridized carbons (Fsp3) is 0.278. The number of aliphatic imine (C=N–C) groups is 1. The number of benzene rings is 2. The zero-order valence-electron chi connectivity index (χ0n) is 14.2. The largest absolute Gasteiger partial charge is 0.490 e. The van der Waals surface area contributed by atoms with E-state index in [1.165, 1.54) is 6.07 Å². The Balaban J connectivity index is 0.00000243. The first-order valence-electron chi connectivity index (χ1n) is 7.97. The summed E-state index contributed by atoms with van der Waals surface area (Å²) in [6.45, 7) is 1.61. The molecule has 140 valence electrons. The Morgan fingerprint density at radius 1 is 1.15 bits per heavy atom. The summed E-state index contributed by atoms with van der Waals surface area (Å²) < 4.78 is 25.9. The van der Waals surface area contributed by atoms with Crippen molar-refractivity contribution in [3.63, 3.8) is 0 Å². The number of hydrogen-bond donors (Lipinski definition) is 2. The second-order valence-electron chi connectivity index (χ2n) is 5.50. The van der Waals surface area contributed by atoms with Crippen molar-refractivity contribution in [2.24, 2.45) is 4.99 Å². The molecule has 0 spiro atoms. The van der Waals surface area contributed by atoms with Crippen molar-refractivity contribution in [1.82, 2.24) is 5.32 Å². The summed E-state index contributed by atoms with van der Waals surface area (Å²) in [7, 11) is 1.66. The predicted octanol–water partition coefficient (Wildman–Crippen LogP) is 4.56. The average molecular weight is 536 g/mol. The van der Waals surface area contributed by atoms with Crippen molar-refractivity contribution in [3.8, 4) is 11.5 Å². The first-order valence-corrected chi connectivity index (χ1v) is 8.76. The Kier molecular flexibility index (Phi) is 7.95. The number of halogens is 3. The number of rotatable bonds is 3. The van der Waals surface area contributed by atoms with Crippen LogP contribution < -0.4 is 20.1 Å². The predicted molar refractivity (Wildman–Crippen MR) is 115 cm³/mol. The maximum absolute atomic E-state index is 13.9. The van der Waals surface area contributed by atoms with Gasteiger partial charge in [-0.05, 0) is 24.3 Å². The number of anilines is 1. The van der Waals surface area contributed by atoms with Gasteiger partial charge in [0.15, 0.2) is 17.5 Å².